The first-order chi connectivity index (χ1) is 9.05. The zero-order valence-corrected chi connectivity index (χ0v) is 13.5. The summed E-state index contributed by atoms with van der Waals surface area (Å²) in [5.74, 6) is 0.931. The van der Waals surface area contributed by atoms with Gasteiger partial charge in [0.05, 0.1) is 0 Å². The molecule has 1 atom stereocenters. The van der Waals surface area contributed by atoms with Crippen molar-refractivity contribution < 1.29 is 4.74 Å². The quantitative estimate of drug-likeness (QED) is 0.811. The van der Waals surface area contributed by atoms with E-state index in [0.29, 0.717) is 11.5 Å². The van der Waals surface area contributed by atoms with E-state index in [1.54, 1.807) is 0 Å². The van der Waals surface area contributed by atoms with E-state index in [1.165, 1.54) is 25.7 Å². The highest BCUT2D eigenvalue weighted by atomic mass is 79.9. The van der Waals surface area contributed by atoms with Crippen LogP contribution in [-0.4, -0.2) is 19.2 Å². The van der Waals surface area contributed by atoms with Crippen LogP contribution in [-0.2, 0) is 0 Å². The number of hydrogen-bond acceptors (Lipinski definition) is 2. The summed E-state index contributed by atoms with van der Waals surface area (Å²) < 4.78 is 6.80. The Morgan fingerprint density at radius 3 is 3.00 bits per heavy atom. The van der Waals surface area contributed by atoms with Crippen LogP contribution >= 0.6 is 15.9 Å². The molecule has 0 spiro atoms. The molecule has 1 aliphatic rings. The molecule has 1 saturated carbocycles. The third-order valence-electron chi connectivity index (χ3n) is 3.81. The highest BCUT2D eigenvalue weighted by Gasteiger charge is 2.27. The maximum absolute atomic E-state index is 5.74. The predicted octanol–water partition coefficient (Wildman–Crippen LogP) is 4.39. The van der Waals surface area contributed by atoms with Crippen LogP contribution in [0.3, 0.4) is 0 Å². The minimum atomic E-state index is 0.501. The van der Waals surface area contributed by atoms with Crippen LogP contribution in [0.5, 0.6) is 5.75 Å². The van der Waals surface area contributed by atoms with Crippen LogP contribution in [0.2, 0.25) is 0 Å². The van der Waals surface area contributed by atoms with Crippen LogP contribution in [0.25, 0.3) is 0 Å². The first-order valence-electron chi connectivity index (χ1n) is 7.17. The highest BCUT2D eigenvalue weighted by molar-refractivity contribution is 9.10. The molecule has 2 rings (SSSR count). The molecule has 1 unspecified atom stereocenters. The molecule has 0 aliphatic heterocycles. The van der Waals surface area contributed by atoms with Gasteiger partial charge in [0.2, 0.25) is 0 Å². The van der Waals surface area contributed by atoms with E-state index in [0.717, 1.165) is 23.4 Å². The molecular formula is C16H24BrNO. The average Bonchev–Trinajstić information content (AvgIpc) is 2.34. The smallest absolute Gasteiger partial charge is 0.120 e. The van der Waals surface area contributed by atoms with Crippen molar-refractivity contribution in [1.82, 2.24) is 5.32 Å². The minimum absolute atomic E-state index is 0.501. The van der Waals surface area contributed by atoms with Gasteiger partial charge in [-0.3, -0.25) is 0 Å². The lowest BCUT2D eigenvalue weighted by Crippen LogP contribution is -2.39. The van der Waals surface area contributed by atoms with Gasteiger partial charge >= 0.3 is 0 Å². The summed E-state index contributed by atoms with van der Waals surface area (Å²) >= 11 is 3.45. The molecule has 1 aliphatic carbocycles. The zero-order valence-electron chi connectivity index (χ0n) is 11.9. The second-order valence-electron chi connectivity index (χ2n) is 6.22. The van der Waals surface area contributed by atoms with Gasteiger partial charge in [-0.15, -0.1) is 0 Å². The van der Waals surface area contributed by atoms with Gasteiger partial charge < -0.3 is 10.1 Å². The van der Waals surface area contributed by atoms with Crippen LogP contribution < -0.4 is 10.1 Å². The lowest BCUT2D eigenvalue weighted by Gasteiger charge is -2.35. The molecule has 1 N–H and O–H groups in total. The van der Waals surface area contributed by atoms with E-state index >= 15 is 0 Å². The molecule has 19 heavy (non-hydrogen) atoms. The van der Waals surface area contributed by atoms with E-state index in [9.17, 15) is 0 Å². The van der Waals surface area contributed by atoms with Crippen LogP contribution in [0.15, 0.2) is 28.7 Å². The summed E-state index contributed by atoms with van der Waals surface area (Å²) in [6.07, 6.45) is 5.29. The van der Waals surface area contributed by atoms with Crippen molar-refractivity contribution in [3.05, 3.63) is 28.7 Å². The molecule has 106 valence electrons. The Labute approximate surface area is 125 Å². The fraction of sp³-hybridized carbons (Fsp3) is 0.625. The Bertz CT molecular complexity index is 405. The SMILES string of the molecule is CC1(C)CCCC(NCCOc2cccc(Br)c2)C1. The third-order valence-corrected chi connectivity index (χ3v) is 4.30. The normalized spacial score (nSPS) is 22.2. The van der Waals surface area contributed by atoms with Crippen molar-refractivity contribution >= 4 is 15.9 Å². The van der Waals surface area contributed by atoms with E-state index in [-0.39, 0.29) is 0 Å². The van der Waals surface area contributed by atoms with Gasteiger partial charge in [0.25, 0.3) is 0 Å². The molecule has 0 bridgehead atoms. The number of hydrogen-bond donors (Lipinski definition) is 1. The molecule has 2 nitrogen and oxygen atoms in total. The molecule has 0 amide bonds. The van der Waals surface area contributed by atoms with Gasteiger partial charge in [-0.2, -0.15) is 0 Å². The third kappa shape index (κ3) is 5.15. The van der Waals surface area contributed by atoms with Gasteiger partial charge in [0.15, 0.2) is 0 Å². The second kappa shape index (κ2) is 6.76. The molecule has 1 fully saturated rings. The van der Waals surface area contributed by atoms with Gasteiger partial charge in [0, 0.05) is 17.1 Å². The highest BCUT2D eigenvalue weighted by Crippen LogP contribution is 2.34. The Kier molecular flexibility index (Phi) is 5.28. The minimum Gasteiger partial charge on any atom is -0.492 e. The van der Waals surface area contributed by atoms with Crippen LogP contribution in [0.4, 0.5) is 0 Å². The fourth-order valence-corrected chi connectivity index (χ4v) is 3.24. The van der Waals surface area contributed by atoms with E-state index in [1.807, 2.05) is 24.3 Å². The molecule has 0 radical (unpaired) electrons. The Hall–Kier alpha value is -0.540. The average molecular weight is 326 g/mol. The van der Waals surface area contributed by atoms with Crippen molar-refractivity contribution in [2.45, 2.75) is 45.6 Å². The first kappa shape index (κ1) is 14.9. The maximum atomic E-state index is 5.74. The fourth-order valence-electron chi connectivity index (χ4n) is 2.86. The summed E-state index contributed by atoms with van der Waals surface area (Å²) in [6.45, 7) is 6.40. The largest absolute Gasteiger partial charge is 0.492 e. The number of benzene rings is 1. The topological polar surface area (TPSA) is 21.3 Å². The molecular weight excluding hydrogens is 302 g/mol. The molecule has 3 heteroatoms. The van der Waals surface area contributed by atoms with Gasteiger partial charge in [-0.05, 0) is 42.9 Å². The van der Waals surface area contributed by atoms with Crippen molar-refractivity contribution in [1.29, 1.82) is 0 Å². The van der Waals surface area contributed by atoms with E-state index < -0.39 is 0 Å². The Balaban J connectivity index is 1.67. The van der Waals surface area contributed by atoms with Crippen molar-refractivity contribution in [3.63, 3.8) is 0 Å². The summed E-state index contributed by atoms with van der Waals surface area (Å²) in [5, 5.41) is 3.63. The molecule has 1 aromatic carbocycles. The Morgan fingerprint density at radius 1 is 1.42 bits per heavy atom. The lowest BCUT2D eigenvalue weighted by atomic mass is 9.75. The molecule has 0 saturated heterocycles. The van der Waals surface area contributed by atoms with Gasteiger partial charge in [-0.25, -0.2) is 0 Å². The maximum Gasteiger partial charge on any atom is 0.120 e. The van der Waals surface area contributed by atoms with Crippen LogP contribution in [0, 0.1) is 5.41 Å². The summed E-state index contributed by atoms with van der Waals surface area (Å²) in [5.41, 5.74) is 0.501. The standard InChI is InChI=1S/C16H24BrNO/c1-16(2)8-4-6-14(12-16)18-9-10-19-15-7-3-5-13(17)11-15/h3,5,7,11,14,18H,4,6,8-10,12H2,1-2H3. The summed E-state index contributed by atoms with van der Waals surface area (Å²) in [4.78, 5) is 0. The number of rotatable bonds is 5. The van der Waals surface area contributed by atoms with E-state index in [4.69, 9.17) is 4.74 Å². The molecule has 0 aromatic heterocycles. The van der Waals surface area contributed by atoms with Crippen molar-refractivity contribution in [3.8, 4) is 5.75 Å². The van der Waals surface area contributed by atoms with Crippen molar-refractivity contribution in [2.24, 2.45) is 5.41 Å². The predicted molar refractivity (Wildman–Crippen MR) is 83.7 cm³/mol. The number of ether oxygens (including phenoxy) is 1. The van der Waals surface area contributed by atoms with Crippen molar-refractivity contribution in [2.75, 3.05) is 13.2 Å². The first-order valence-corrected chi connectivity index (χ1v) is 7.96. The monoisotopic (exact) mass is 325 g/mol. The summed E-state index contributed by atoms with van der Waals surface area (Å²) in [7, 11) is 0. The lowest BCUT2D eigenvalue weighted by molar-refractivity contribution is 0.192. The molecule has 1 aromatic rings. The second-order valence-corrected chi connectivity index (χ2v) is 7.13. The summed E-state index contributed by atoms with van der Waals surface area (Å²) in [6, 6.07) is 8.67. The van der Waals surface area contributed by atoms with E-state index in [2.05, 4.69) is 35.1 Å². The van der Waals surface area contributed by atoms with Gasteiger partial charge in [-0.1, -0.05) is 42.3 Å². The van der Waals surface area contributed by atoms with Gasteiger partial charge in [0.1, 0.15) is 12.4 Å². The number of nitrogens with one attached hydrogen (secondary N) is 1. The zero-order chi connectivity index (χ0) is 13.7. The molecule has 0 heterocycles. The number of halogens is 1. The Morgan fingerprint density at radius 2 is 2.26 bits per heavy atom. The van der Waals surface area contributed by atoms with Crippen LogP contribution in [0.1, 0.15) is 39.5 Å².